The maximum atomic E-state index is 12.5. The van der Waals surface area contributed by atoms with Gasteiger partial charge in [0, 0.05) is 6.42 Å². The van der Waals surface area contributed by atoms with Gasteiger partial charge in [-0.25, -0.2) is 13.2 Å². The third kappa shape index (κ3) is 6.29. The number of rotatable bonds is 8. The van der Waals surface area contributed by atoms with E-state index in [2.05, 4.69) is 0 Å². The molecule has 0 spiro atoms. The average molecular weight is 413 g/mol. The van der Waals surface area contributed by atoms with Gasteiger partial charge in [-0.05, 0) is 43.0 Å². The lowest BCUT2D eigenvalue weighted by atomic mass is 9.84. The molecule has 0 N–H and O–H groups in total. The molecule has 0 heterocycles. The van der Waals surface area contributed by atoms with Gasteiger partial charge in [-0.15, -0.1) is 0 Å². The first kappa shape index (κ1) is 21.3. The molecule has 4 nitrogen and oxygen atoms in total. The van der Waals surface area contributed by atoms with Gasteiger partial charge < -0.3 is 4.74 Å². The van der Waals surface area contributed by atoms with Gasteiger partial charge in [0.25, 0.3) is 0 Å². The fraction of sp³-hybridized carbons (Fsp3) is 0.375. The second-order valence-corrected chi connectivity index (χ2v) is 9.54. The van der Waals surface area contributed by atoms with Crippen molar-refractivity contribution in [1.82, 2.24) is 0 Å². The summed E-state index contributed by atoms with van der Waals surface area (Å²) in [5, 5.41) is 0. The van der Waals surface area contributed by atoms with Gasteiger partial charge in [0.2, 0.25) is 0 Å². The molecule has 1 atom stereocenters. The fourth-order valence-corrected chi connectivity index (χ4v) is 4.93. The van der Waals surface area contributed by atoms with Crippen molar-refractivity contribution in [2.75, 3.05) is 5.75 Å². The minimum absolute atomic E-state index is 0.0545. The van der Waals surface area contributed by atoms with Crippen LogP contribution < -0.4 is 0 Å². The van der Waals surface area contributed by atoms with Crippen LogP contribution in [0, 0.1) is 5.92 Å². The van der Waals surface area contributed by atoms with Gasteiger partial charge >= 0.3 is 5.97 Å². The Kier molecular flexibility index (Phi) is 7.64. The van der Waals surface area contributed by atoms with Crippen molar-refractivity contribution in [3.63, 3.8) is 0 Å². The largest absolute Gasteiger partial charge is 0.458 e. The van der Waals surface area contributed by atoms with E-state index in [9.17, 15) is 13.2 Å². The van der Waals surface area contributed by atoms with E-state index < -0.39 is 9.84 Å². The Labute approximate surface area is 173 Å². The van der Waals surface area contributed by atoms with Crippen LogP contribution in [0.25, 0.3) is 0 Å². The van der Waals surface area contributed by atoms with Crippen LogP contribution in [-0.4, -0.2) is 26.2 Å². The van der Waals surface area contributed by atoms with Gasteiger partial charge in [-0.2, -0.15) is 0 Å². The Balaban J connectivity index is 1.63. The van der Waals surface area contributed by atoms with Crippen LogP contribution in [0.2, 0.25) is 0 Å². The Morgan fingerprint density at radius 2 is 1.55 bits per heavy atom. The molecule has 1 saturated carbocycles. The molecule has 0 radical (unpaired) electrons. The molecule has 0 bridgehead atoms. The molecule has 0 aromatic heterocycles. The lowest BCUT2D eigenvalue weighted by molar-refractivity contribution is 0.00877. The molecule has 0 saturated heterocycles. The molecule has 29 heavy (non-hydrogen) atoms. The summed E-state index contributed by atoms with van der Waals surface area (Å²) < 4.78 is 30.7. The van der Waals surface area contributed by atoms with Crippen LogP contribution in [0.4, 0.5) is 0 Å². The number of esters is 1. The smallest absolute Gasteiger partial charge is 0.338 e. The second-order valence-electron chi connectivity index (χ2n) is 7.51. The van der Waals surface area contributed by atoms with Crippen LogP contribution >= 0.6 is 0 Å². The third-order valence-corrected chi connectivity index (χ3v) is 7.02. The maximum absolute atomic E-state index is 12.5. The molecule has 0 amide bonds. The van der Waals surface area contributed by atoms with Gasteiger partial charge in [0.05, 0.1) is 16.2 Å². The van der Waals surface area contributed by atoms with Crippen LogP contribution in [0.15, 0.2) is 77.7 Å². The van der Waals surface area contributed by atoms with E-state index in [-0.39, 0.29) is 17.8 Å². The molecule has 5 heteroatoms. The van der Waals surface area contributed by atoms with E-state index in [1.807, 2.05) is 24.3 Å². The topological polar surface area (TPSA) is 60.4 Å². The number of carbonyl (C=O) groups is 1. The summed E-state index contributed by atoms with van der Waals surface area (Å²) in [5.74, 6) is -0.0422. The monoisotopic (exact) mass is 412 g/mol. The Bertz CT molecular complexity index is 898. The molecular formula is C24H28O4S. The lowest BCUT2D eigenvalue weighted by Gasteiger charge is -2.29. The normalized spacial score (nSPS) is 16.6. The standard InChI is InChI=1S/C24H28O4S/c25-24(21-14-6-2-7-15-21)28-23(20-12-4-1-5-13-20)18-10-11-19-29(26,27)22-16-8-3-9-17-22/h2-3,6-11,14-17,20,23H,1,4-5,12-13,18-19H2/b11-10+. The van der Waals surface area contributed by atoms with Crippen LogP contribution in [0.3, 0.4) is 0 Å². The Hall–Kier alpha value is -2.40. The van der Waals surface area contributed by atoms with E-state index in [1.165, 1.54) is 6.42 Å². The first-order valence-electron chi connectivity index (χ1n) is 10.2. The molecule has 154 valence electrons. The number of hydrogen-bond donors (Lipinski definition) is 0. The van der Waals surface area contributed by atoms with Crippen molar-refractivity contribution < 1.29 is 17.9 Å². The molecule has 1 unspecified atom stereocenters. The highest BCUT2D eigenvalue weighted by atomic mass is 32.2. The molecule has 3 rings (SSSR count). The first-order chi connectivity index (χ1) is 14.1. The summed E-state index contributed by atoms with van der Waals surface area (Å²) in [4.78, 5) is 12.9. The van der Waals surface area contributed by atoms with Crippen molar-refractivity contribution >= 4 is 15.8 Å². The number of hydrogen-bond acceptors (Lipinski definition) is 4. The van der Waals surface area contributed by atoms with Crippen molar-refractivity contribution in [3.8, 4) is 0 Å². The Morgan fingerprint density at radius 3 is 2.21 bits per heavy atom. The number of benzene rings is 2. The third-order valence-electron chi connectivity index (χ3n) is 5.40. The summed E-state index contributed by atoms with van der Waals surface area (Å²) in [6, 6.07) is 17.5. The van der Waals surface area contributed by atoms with Crippen LogP contribution in [0.1, 0.15) is 48.9 Å². The highest BCUT2D eigenvalue weighted by Gasteiger charge is 2.26. The number of carbonyl (C=O) groups excluding carboxylic acids is 1. The first-order valence-corrected chi connectivity index (χ1v) is 11.9. The van der Waals surface area contributed by atoms with Crippen LogP contribution in [-0.2, 0) is 14.6 Å². The summed E-state index contributed by atoms with van der Waals surface area (Å²) in [6.07, 6.45) is 9.44. The zero-order valence-corrected chi connectivity index (χ0v) is 17.4. The van der Waals surface area contributed by atoms with Crippen molar-refractivity contribution in [2.24, 2.45) is 5.92 Å². The highest BCUT2D eigenvalue weighted by Crippen LogP contribution is 2.30. The minimum atomic E-state index is -3.34. The van der Waals surface area contributed by atoms with E-state index in [0.29, 0.717) is 22.8 Å². The van der Waals surface area contributed by atoms with E-state index in [0.717, 1.165) is 25.7 Å². The van der Waals surface area contributed by atoms with Crippen molar-refractivity contribution in [3.05, 3.63) is 78.4 Å². The van der Waals surface area contributed by atoms with E-state index >= 15 is 0 Å². The minimum Gasteiger partial charge on any atom is -0.458 e. The highest BCUT2D eigenvalue weighted by molar-refractivity contribution is 7.91. The molecular weight excluding hydrogens is 384 g/mol. The van der Waals surface area contributed by atoms with E-state index in [4.69, 9.17) is 4.74 Å². The molecule has 2 aromatic carbocycles. The second kappa shape index (κ2) is 10.4. The molecule has 1 fully saturated rings. The van der Waals surface area contributed by atoms with Gasteiger partial charge in [-0.1, -0.05) is 67.8 Å². The maximum Gasteiger partial charge on any atom is 0.338 e. The van der Waals surface area contributed by atoms with Crippen molar-refractivity contribution in [1.29, 1.82) is 0 Å². The molecule has 1 aliphatic rings. The summed E-state index contributed by atoms with van der Waals surface area (Å²) in [5.41, 5.74) is 0.545. The number of sulfone groups is 1. The summed E-state index contributed by atoms with van der Waals surface area (Å²) in [6.45, 7) is 0. The zero-order chi connectivity index (χ0) is 20.5. The van der Waals surface area contributed by atoms with E-state index in [1.54, 1.807) is 48.5 Å². The van der Waals surface area contributed by atoms with Gasteiger partial charge in [-0.3, -0.25) is 0 Å². The summed E-state index contributed by atoms with van der Waals surface area (Å²) >= 11 is 0. The molecule has 0 aliphatic heterocycles. The number of ether oxygens (including phenoxy) is 1. The zero-order valence-electron chi connectivity index (χ0n) is 16.6. The predicted octanol–water partition coefficient (Wildman–Crippen LogP) is 5.21. The fourth-order valence-electron chi connectivity index (χ4n) is 3.77. The average Bonchev–Trinajstić information content (AvgIpc) is 2.77. The molecule has 2 aromatic rings. The predicted molar refractivity (Wildman–Crippen MR) is 114 cm³/mol. The van der Waals surface area contributed by atoms with Crippen LogP contribution in [0.5, 0.6) is 0 Å². The lowest BCUT2D eigenvalue weighted by Crippen LogP contribution is -2.28. The summed E-state index contributed by atoms with van der Waals surface area (Å²) in [7, 11) is -3.34. The quantitative estimate of drug-likeness (QED) is 0.441. The van der Waals surface area contributed by atoms with Gasteiger partial charge in [0.1, 0.15) is 6.10 Å². The Morgan fingerprint density at radius 1 is 0.931 bits per heavy atom. The van der Waals surface area contributed by atoms with Gasteiger partial charge in [0.15, 0.2) is 9.84 Å². The molecule has 1 aliphatic carbocycles. The SMILES string of the molecule is O=C(OC(C/C=C/CS(=O)(=O)c1ccccc1)C1CCCCC1)c1ccccc1. The van der Waals surface area contributed by atoms with Crippen molar-refractivity contribution in [2.45, 2.75) is 49.5 Å².